The highest BCUT2D eigenvalue weighted by Gasteiger charge is 2.31. The van der Waals surface area contributed by atoms with Gasteiger partial charge in [0, 0.05) is 17.0 Å². The molecule has 1 aliphatic carbocycles. The number of alkyl halides is 1. The van der Waals surface area contributed by atoms with E-state index in [2.05, 4.69) is 9.97 Å². The molecule has 1 saturated carbocycles. The summed E-state index contributed by atoms with van der Waals surface area (Å²) in [6.07, 6.45) is 3.87. The Labute approximate surface area is 118 Å². The molecule has 6 nitrogen and oxygen atoms in total. The van der Waals surface area contributed by atoms with Gasteiger partial charge in [-0.15, -0.1) is 11.6 Å². The first-order valence-corrected chi connectivity index (χ1v) is 6.78. The third-order valence-electron chi connectivity index (χ3n) is 3.59. The van der Waals surface area contributed by atoms with Gasteiger partial charge in [-0.1, -0.05) is 0 Å². The Morgan fingerprint density at radius 3 is 2.90 bits per heavy atom. The summed E-state index contributed by atoms with van der Waals surface area (Å²) < 4.78 is 0. The van der Waals surface area contributed by atoms with Crippen LogP contribution in [0.5, 0.6) is 0 Å². The summed E-state index contributed by atoms with van der Waals surface area (Å²) in [6, 6.07) is 2.88. The number of nitro benzene ring substituents is 1. The molecule has 104 valence electrons. The molecule has 1 aliphatic rings. The number of halogens is 1. The smallest absolute Gasteiger partial charge is 0.273 e. The van der Waals surface area contributed by atoms with E-state index in [9.17, 15) is 14.9 Å². The number of nitrogens with zero attached hydrogens (tertiary/aromatic N) is 2. The number of hydrogen-bond donors (Lipinski definition) is 1. The van der Waals surface area contributed by atoms with Crippen LogP contribution in [-0.4, -0.2) is 20.3 Å². The number of aromatic amines is 1. The fourth-order valence-corrected chi connectivity index (χ4v) is 2.73. The molecule has 0 aliphatic heterocycles. The molecule has 1 unspecified atom stereocenters. The molecule has 1 aromatic carbocycles. The normalized spacial score (nSPS) is 16.2. The van der Waals surface area contributed by atoms with Crippen molar-refractivity contribution in [3.8, 4) is 0 Å². The Hall–Kier alpha value is -1.95. The third-order valence-corrected chi connectivity index (χ3v) is 4.10. The van der Waals surface area contributed by atoms with E-state index >= 15 is 0 Å². The standard InChI is InChI=1S/C13H12ClN3O3/c14-10(7-1-2-7)3-8-4-11-9(5-12(8)17(19)20)13(18)16-6-15-11/h4-7,10H,1-3H2,(H,15,16,18). The van der Waals surface area contributed by atoms with Gasteiger partial charge in [0.15, 0.2) is 0 Å². The molecule has 1 heterocycles. The summed E-state index contributed by atoms with van der Waals surface area (Å²) in [4.78, 5) is 28.8. The Bertz CT molecular complexity index is 739. The highest BCUT2D eigenvalue weighted by atomic mass is 35.5. The van der Waals surface area contributed by atoms with Gasteiger partial charge in [-0.3, -0.25) is 14.9 Å². The largest absolute Gasteiger partial charge is 0.313 e. The van der Waals surface area contributed by atoms with Gasteiger partial charge in [-0.05, 0) is 31.2 Å². The number of nitro groups is 1. The zero-order valence-electron chi connectivity index (χ0n) is 10.5. The van der Waals surface area contributed by atoms with Crippen LogP contribution in [0.3, 0.4) is 0 Å². The minimum atomic E-state index is -0.474. The third kappa shape index (κ3) is 2.38. The number of H-pyrrole nitrogens is 1. The Kier molecular flexibility index (Phi) is 3.17. The second kappa shape index (κ2) is 4.86. The highest BCUT2D eigenvalue weighted by Crippen LogP contribution is 2.38. The first-order chi connectivity index (χ1) is 9.56. The molecule has 7 heteroatoms. The first-order valence-electron chi connectivity index (χ1n) is 6.35. The van der Waals surface area contributed by atoms with Gasteiger partial charge in [0.25, 0.3) is 11.2 Å². The summed E-state index contributed by atoms with van der Waals surface area (Å²) >= 11 is 6.26. The number of fused-ring (bicyclic) bond motifs is 1. The van der Waals surface area contributed by atoms with E-state index in [1.165, 1.54) is 12.4 Å². The lowest BCUT2D eigenvalue weighted by Gasteiger charge is -2.09. The van der Waals surface area contributed by atoms with Crippen molar-refractivity contribution in [2.75, 3.05) is 0 Å². The second-order valence-electron chi connectivity index (χ2n) is 5.04. The maximum atomic E-state index is 11.7. The average molecular weight is 294 g/mol. The molecule has 0 amide bonds. The molecule has 0 saturated heterocycles. The first kappa shape index (κ1) is 13.1. The monoisotopic (exact) mass is 293 g/mol. The van der Waals surface area contributed by atoms with Crippen molar-refractivity contribution < 1.29 is 4.92 Å². The molecule has 2 aromatic rings. The van der Waals surface area contributed by atoms with Crippen LogP contribution in [0.2, 0.25) is 0 Å². The number of aromatic nitrogens is 2. The lowest BCUT2D eigenvalue weighted by Crippen LogP contribution is -2.11. The van der Waals surface area contributed by atoms with Crippen molar-refractivity contribution in [1.29, 1.82) is 0 Å². The zero-order chi connectivity index (χ0) is 14.3. The Morgan fingerprint density at radius 2 is 2.25 bits per heavy atom. The van der Waals surface area contributed by atoms with Gasteiger partial charge in [0.1, 0.15) is 0 Å². The molecule has 1 fully saturated rings. The van der Waals surface area contributed by atoms with Gasteiger partial charge in [-0.2, -0.15) is 0 Å². The predicted molar refractivity (Wildman–Crippen MR) is 75.1 cm³/mol. The van der Waals surface area contributed by atoms with Gasteiger partial charge >= 0.3 is 0 Å². The summed E-state index contributed by atoms with van der Waals surface area (Å²) in [5.41, 5.74) is 0.540. The van der Waals surface area contributed by atoms with Gasteiger partial charge in [-0.25, -0.2) is 4.98 Å². The number of hydrogen-bond acceptors (Lipinski definition) is 4. The lowest BCUT2D eigenvalue weighted by atomic mass is 10.0. The Balaban J connectivity index is 2.10. The molecule has 0 spiro atoms. The van der Waals surface area contributed by atoms with E-state index in [4.69, 9.17) is 11.6 Å². The number of rotatable bonds is 4. The molecular formula is C13H12ClN3O3. The molecule has 0 bridgehead atoms. The summed E-state index contributed by atoms with van der Waals surface area (Å²) in [5, 5.41) is 11.3. The van der Waals surface area contributed by atoms with Crippen LogP contribution < -0.4 is 5.56 Å². The van der Waals surface area contributed by atoms with E-state index in [1.54, 1.807) is 6.07 Å². The molecule has 1 aromatic heterocycles. The molecule has 3 rings (SSSR count). The van der Waals surface area contributed by atoms with Crippen LogP contribution in [-0.2, 0) is 6.42 Å². The summed E-state index contributed by atoms with van der Waals surface area (Å²) in [7, 11) is 0. The highest BCUT2D eigenvalue weighted by molar-refractivity contribution is 6.21. The van der Waals surface area contributed by atoms with Crippen LogP contribution in [0, 0.1) is 16.0 Å². The van der Waals surface area contributed by atoms with E-state index in [0.717, 1.165) is 12.8 Å². The number of benzene rings is 1. The van der Waals surface area contributed by atoms with Crippen molar-refractivity contribution in [3.63, 3.8) is 0 Å². The van der Waals surface area contributed by atoms with E-state index in [-0.39, 0.29) is 22.0 Å². The van der Waals surface area contributed by atoms with Crippen molar-refractivity contribution in [1.82, 2.24) is 9.97 Å². The summed E-state index contributed by atoms with van der Waals surface area (Å²) in [5.74, 6) is 0.444. The van der Waals surface area contributed by atoms with Crippen LogP contribution in [0.25, 0.3) is 10.9 Å². The molecule has 1 N–H and O–H groups in total. The van der Waals surface area contributed by atoms with Crippen molar-refractivity contribution in [3.05, 3.63) is 44.5 Å². The zero-order valence-corrected chi connectivity index (χ0v) is 11.3. The van der Waals surface area contributed by atoms with Gasteiger partial charge in [0.2, 0.25) is 0 Å². The maximum Gasteiger partial charge on any atom is 0.273 e. The molecule has 0 radical (unpaired) electrons. The van der Waals surface area contributed by atoms with Crippen LogP contribution in [0.15, 0.2) is 23.3 Å². The van der Waals surface area contributed by atoms with Crippen LogP contribution in [0.1, 0.15) is 18.4 Å². The average Bonchev–Trinajstić information content (AvgIpc) is 3.22. The van der Waals surface area contributed by atoms with Crippen molar-refractivity contribution >= 4 is 28.2 Å². The second-order valence-corrected chi connectivity index (χ2v) is 5.60. The van der Waals surface area contributed by atoms with E-state index < -0.39 is 4.92 Å². The minimum absolute atomic E-state index is 0.0673. The topological polar surface area (TPSA) is 88.9 Å². The maximum absolute atomic E-state index is 11.7. The van der Waals surface area contributed by atoms with Gasteiger partial charge < -0.3 is 4.98 Å². The lowest BCUT2D eigenvalue weighted by molar-refractivity contribution is -0.385. The molecular weight excluding hydrogens is 282 g/mol. The molecule has 20 heavy (non-hydrogen) atoms. The quantitative estimate of drug-likeness (QED) is 0.532. The van der Waals surface area contributed by atoms with Crippen molar-refractivity contribution in [2.45, 2.75) is 24.6 Å². The predicted octanol–water partition coefficient (Wildman–Crippen LogP) is 2.39. The van der Waals surface area contributed by atoms with E-state index in [0.29, 0.717) is 23.4 Å². The fraction of sp³-hybridized carbons (Fsp3) is 0.385. The van der Waals surface area contributed by atoms with Crippen LogP contribution >= 0.6 is 11.6 Å². The number of nitrogens with one attached hydrogen (secondary N) is 1. The van der Waals surface area contributed by atoms with Gasteiger partial charge in [0.05, 0.1) is 22.2 Å². The fourth-order valence-electron chi connectivity index (χ4n) is 2.32. The van der Waals surface area contributed by atoms with Crippen LogP contribution in [0.4, 0.5) is 5.69 Å². The molecule has 1 atom stereocenters. The van der Waals surface area contributed by atoms with E-state index in [1.807, 2.05) is 0 Å². The SMILES string of the molecule is O=c1[nH]cnc2cc(CC(Cl)C3CC3)c([N+](=O)[O-])cc12. The summed E-state index contributed by atoms with van der Waals surface area (Å²) in [6.45, 7) is 0. The van der Waals surface area contributed by atoms with Crippen molar-refractivity contribution in [2.24, 2.45) is 5.92 Å². The minimum Gasteiger partial charge on any atom is -0.313 e. The Morgan fingerprint density at radius 1 is 1.50 bits per heavy atom.